The Kier molecular flexibility index (Phi) is 7.95. The highest BCUT2D eigenvalue weighted by Gasteiger charge is 2.09. The van der Waals surface area contributed by atoms with E-state index in [2.05, 4.69) is 10.6 Å². The van der Waals surface area contributed by atoms with Gasteiger partial charge in [0.25, 0.3) is 5.91 Å². The molecule has 2 amide bonds. The van der Waals surface area contributed by atoms with E-state index in [1.54, 1.807) is 43.3 Å². The molecule has 2 rings (SSSR count). The number of rotatable bonds is 7. The van der Waals surface area contributed by atoms with Crippen LogP contribution in [0.5, 0.6) is 5.75 Å². The van der Waals surface area contributed by atoms with Gasteiger partial charge in [-0.05, 0) is 67.5 Å². The predicted molar refractivity (Wildman–Crippen MR) is 115 cm³/mol. The molecule has 28 heavy (non-hydrogen) atoms. The summed E-state index contributed by atoms with van der Waals surface area (Å²) in [6.45, 7) is 2.48. The fourth-order valence-corrected chi connectivity index (χ4v) is 2.65. The minimum absolute atomic E-state index is 0.0976. The number of benzene rings is 2. The van der Waals surface area contributed by atoms with Gasteiger partial charge in [-0.1, -0.05) is 12.1 Å². The summed E-state index contributed by atoms with van der Waals surface area (Å²) in [5.41, 5.74) is 2.32. The second-order valence-corrected chi connectivity index (χ2v) is 6.76. The average Bonchev–Trinajstić information content (AvgIpc) is 2.67. The van der Waals surface area contributed by atoms with Crippen molar-refractivity contribution >= 4 is 34.8 Å². The first-order valence-electron chi connectivity index (χ1n) is 9.03. The largest absolute Gasteiger partial charge is 0.494 e. The predicted octanol–water partition coefficient (Wildman–Crippen LogP) is 3.23. The lowest BCUT2D eigenvalue weighted by Crippen LogP contribution is -2.34. The van der Waals surface area contributed by atoms with Crippen molar-refractivity contribution in [3.05, 3.63) is 59.7 Å². The number of thiocarbonyl (C=S) groups is 1. The molecule has 0 aliphatic carbocycles. The lowest BCUT2D eigenvalue weighted by atomic mass is 10.1. The molecule has 0 aliphatic rings. The van der Waals surface area contributed by atoms with Crippen LogP contribution in [-0.4, -0.2) is 42.5 Å². The maximum absolute atomic E-state index is 12.3. The Hall–Kier alpha value is -2.93. The van der Waals surface area contributed by atoms with E-state index in [4.69, 9.17) is 17.0 Å². The second-order valence-electron chi connectivity index (χ2n) is 6.35. The van der Waals surface area contributed by atoms with Gasteiger partial charge in [0, 0.05) is 31.8 Å². The SMILES string of the molecule is CCOc1ccc(C(=O)NC(=S)Nc2ccc(CCC(=O)N(C)C)cc2)cc1. The van der Waals surface area contributed by atoms with Gasteiger partial charge in [0.05, 0.1) is 6.61 Å². The summed E-state index contributed by atoms with van der Waals surface area (Å²) < 4.78 is 5.36. The van der Waals surface area contributed by atoms with Gasteiger partial charge in [0.2, 0.25) is 5.91 Å². The number of carbonyl (C=O) groups is 2. The molecule has 0 saturated carbocycles. The first-order valence-corrected chi connectivity index (χ1v) is 9.44. The number of nitrogens with zero attached hydrogens (tertiary/aromatic N) is 1. The van der Waals surface area contributed by atoms with Crippen molar-refractivity contribution in [3.8, 4) is 5.75 Å². The molecule has 148 valence electrons. The number of anilines is 1. The number of nitrogens with one attached hydrogen (secondary N) is 2. The van der Waals surface area contributed by atoms with Crippen molar-refractivity contribution in [1.82, 2.24) is 10.2 Å². The van der Waals surface area contributed by atoms with Gasteiger partial charge in [-0.3, -0.25) is 14.9 Å². The maximum atomic E-state index is 12.3. The van der Waals surface area contributed by atoms with Crippen LogP contribution in [0.25, 0.3) is 0 Å². The van der Waals surface area contributed by atoms with Crippen LogP contribution in [-0.2, 0) is 11.2 Å². The van der Waals surface area contributed by atoms with Crippen LogP contribution in [0.1, 0.15) is 29.3 Å². The van der Waals surface area contributed by atoms with Crippen LogP contribution in [0.2, 0.25) is 0 Å². The smallest absolute Gasteiger partial charge is 0.257 e. The third-order valence-electron chi connectivity index (χ3n) is 3.99. The molecule has 0 radical (unpaired) electrons. The Balaban J connectivity index is 1.85. The zero-order valence-corrected chi connectivity index (χ0v) is 17.1. The Morgan fingerprint density at radius 3 is 2.25 bits per heavy atom. The molecular weight excluding hydrogens is 374 g/mol. The summed E-state index contributed by atoms with van der Waals surface area (Å²) >= 11 is 5.21. The topological polar surface area (TPSA) is 70.7 Å². The number of hydrogen-bond acceptors (Lipinski definition) is 4. The van der Waals surface area contributed by atoms with Crippen molar-refractivity contribution < 1.29 is 14.3 Å². The molecule has 0 atom stereocenters. The summed E-state index contributed by atoms with van der Waals surface area (Å²) in [4.78, 5) is 25.5. The lowest BCUT2D eigenvalue weighted by molar-refractivity contribution is -0.128. The zero-order chi connectivity index (χ0) is 20.5. The minimum atomic E-state index is -0.292. The molecule has 0 heterocycles. The fourth-order valence-electron chi connectivity index (χ4n) is 2.44. The molecule has 0 aliphatic heterocycles. The maximum Gasteiger partial charge on any atom is 0.257 e. The summed E-state index contributed by atoms with van der Waals surface area (Å²) in [5, 5.41) is 5.85. The molecule has 0 aromatic heterocycles. The quantitative estimate of drug-likeness (QED) is 0.700. The van der Waals surface area contributed by atoms with Crippen molar-refractivity contribution in [2.45, 2.75) is 19.8 Å². The van der Waals surface area contributed by atoms with E-state index in [9.17, 15) is 9.59 Å². The van der Waals surface area contributed by atoms with Gasteiger partial charge in [0.15, 0.2) is 5.11 Å². The average molecular weight is 400 g/mol. The number of carbonyl (C=O) groups excluding carboxylic acids is 2. The van der Waals surface area contributed by atoms with Gasteiger partial charge < -0.3 is 15.0 Å². The van der Waals surface area contributed by atoms with E-state index in [-0.39, 0.29) is 16.9 Å². The van der Waals surface area contributed by atoms with Crippen LogP contribution < -0.4 is 15.4 Å². The van der Waals surface area contributed by atoms with Crippen molar-refractivity contribution in [1.29, 1.82) is 0 Å². The van der Waals surface area contributed by atoms with Gasteiger partial charge in [-0.15, -0.1) is 0 Å². The summed E-state index contributed by atoms with van der Waals surface area (Å²) in [6.07, 6.45) is 1.15. The molecule has 2 aromatic rings. The monoisotopic (exact) mass is 399 g/mol. The van der Waals surface area contributed by atoms with Crippen LogP contribution in [0.4, 0.5) is 5.69 Å². The van der Waals surface area contributed by atoms with E-state index in [1.807, 2.05) is 31.2 Å². The molecule has 2 N–H and O–H groups in total. The Morgan fingerprint density at radius 1 is 1.04 bits per heavy atom. The zero-order valence-electron chi connectivity index (χ0n) is 16.3. The molecule has 0 saturated heterocycles. The van der Waals surface area contributed by atoms with E-state index >= 15 is 0 Å². The Bertz CT molecular complexity index is 818. The molecule has 0 fully saturated rings. The first kappa shape index (κ1) is 21.4. The Morgan fingerprint density at radius 2 is 1.68 bits per heavy atom. The highest BCUT2D eigenvalue weighted by Crippen LogP contribution is 2.13. The number of aryl methyl sites for hydroxylation is 1. The van der Waals surface area contributed by atoms with E-state index in [0.29, 0.717) is 30.8 Å². The number of hydrogen-bond donors (Lipinski definition) is 2. The molecule has 0 unspecified atom stereocenters. The Labute approximate surface area is 170 Å². The molecule has 6 nitrogen and oxygen atoms in total. The van der Waals surface area contributed by atoms with E-state index in [0.717, 1.165) is 11.3 Å². The lowest BCUT2D eigenvalue weighted by Gasteiger charge is -2.11. The van der Waals surface area contributed by atoms with Gasteiger partial charge in [-0.2, -0.15) is 0 Å². The van der Waals surface area contributed by atoms with Crippen LogP contribution in [0.3, 0.4) is 0 Å². The third kappa shape index (κ3) is 6.66. The number of amides is 2. The third-order valence-corrected chi connectivity index (χ3v) is 4.20. The second kappa shape index (κ2) is 10.4. The van der Waals surface area contributed by atoms with Gasteiger partial charge in [-0.25, -0.2) is 0 Å². The molecule has 0 spiro atoms. The summed E-state index contributed by atoms with van der Waals surface area (Å²) in [7, 11) is 3.50. The minimum Gasteiger partial charge on any atom is -0.494 e. The summed E-state index contributed by atoms with van der Waals surface area (Å²) in [6, 6.07) is 14.5. The number of ether oxygens (including phenoxy) is 1. The highest BCUT2D eigenvalue weighted by molar-refractivity contribution is 7.80. The fraction of sp³-hybridized carbons (Fsp3) is 0.286. The van der Waals surface area contributed by atoms with Crippen molar-refractivity contribution in [2.75, 3.05) is 26.0 Å². The molecule has 0 bridgehead atoms. The first-order chi connectivity index (χ1) is 13.4. The van der Waals surface area contributed by atoms with Crippen LogP contribution in [0, 0.1) is 0 Å². The summed E-state index contributed by atoms with van der Waals surface area (Å²) in [5.74, 6) is 0.520. The van der Waals surface area contributed by atoms with Crippen molar-refractivity contribution in [2.24, 2.45) is 0 Å². The standard InChI is InChI=1S/C21H25N3O3S/c1-4-27-18-12-8-16(9-13-18)20(26)23-21(28)22-17-10-5-15(6-11-17)7-14-19(25)24(2)3/h5-6,8-13H,4,7,14H2,1-3H3,(H2,22,23,26,28). The normalized spacial score (nSPS) is 10.1. The highest BCUT2D eigenvalue weighted by atomic mass is 32.1. The molecule has 2 aromatic carbocycles. The van der Waals surface area contributed by atoms with Crippen LogP contribution >= 0.6 is 12.2 Å². The molecular formula is C21H25N3O3S. The van der Waals surface area contributed by atoms with Gasteiger partial charge in [0.1, 0.15) is 5.75 Å². The van der Waals surface area contributed by atoms with Crippen LogP contribution in [0.15, 0.2) is 48.5 Å². The molecule has 7 heteroatoms. The van der Waals surface area contributed by atoms with Gasteiger partial charge >= 0.3 is 0 Å². The van der Waals surface area contributed by atoms with E-state index < -0.39 is 0 Å². The van der Waals surface area contributed by atoms with E-state index in [1.165, 1.54) is 0 Å². The van der Waals surface area contributed by atoms with Crippen molar-refractivity contribution in [3.63, 3.8) is 0 Å².